The number of nitrogens with zero attached hydrogens (tertiary/aromatic N) is 1. The van der Waals surface area contributed by atoms with Gasteiger partial charge in [0.15, 0.2) is 11.6 Å². The molecule has 174 valence electrons. The minimum atomic E-state index is -0.941. The fourth-order valence-electron chi connectivity index (χ4n) is 4.07. The third-order valence-electron chi connectivity index (χ3n) is 5.86. The molecule has 0 aliphatic carbocycles. The number of aliphatic hydroxyl groups is 2. The molecule has 1 atom stereocenters. The maximum absolute atomic E-state index is 13.5. The van der Waals surface area contributed by atoms with Gasteiger partial charge in [-0.3, -0.25) is 0 Å². The molecule has 0 aliphatic heterocycles. The number of aromatic nitrogens is 1. The first-order valence-corrected chi connectivity index (χ1v) is 11.2. The van der Waals surface area contributed by atoms with Crippen LogP contribution >= 0.6 is 0 Å². The Labute approximate surface area is 198 Å². The van der Waals surface area contributed by atoms with Gasteiger partial charge >= 0.3 is 0 Å². The predicted octanol–water partition coefficient (Wildman–Crippen LogP) is 6.58. The highest BCUT2D eigenvalue weighted by Gasteiger charge is 2.20. The Bertz CT molecular complexity index is 1340. The van der Waals surface area contributed by atoms with Gasteiger partial charge in [0, 0.05) is 11.5 Å². The standard InChI is InChI=1S/C29H27F2NO2/c1-29(2,34)24-9-4-3-7-20(24)12-15-28(33)22-8-5-6-19(16-22)10-13-23-14-11-21-17-25(30)26(31)18-27(21)32-23/h3-11,13-14,16-18,28,33-34H,12,15H2,1-2H3. The van der Waals surface area contributed by atoms with Gasteiger partial charge in [0.05, 0.1) is 22.9 Å². The fourth-order valence-corrected chi connectivity index (χ4v) is 4.07. The van der Waals surface area contributed by atoms with E-state index in [0.717, 1.165) is 34.4 Å². The Balaban J connectivity index is 1.47. The lowest BCUT2D eigenvalue weighted by atomic mass is 9.90. The summed E-state index contributed by atoms with van der Waals surface area (Å²) < 4.78 is 26.9. The summed E-state index contributed by atoms with van der Waals surface area (Å²) in [4.78, 5) is 4.38. The van der Waals surface area contributed by atoms with Crippen molar-refractivity contribution in [3.05, 3.63) is 112 Å². The van der Waals surface area contributed by atoms with Gasteiger partial charge in [0.1, 0.15) is 0 Å². The van der Waals surface area contributed by atoms with E-state index in [0.29, 0.717) is 29.4 Å². The van der Waals surface area contributed by atoms with Crippen molar-refractivity contribution in [3.63, 3.8) is 0 Å². The number of fused-ring (bicyclic) bond motifs is 1. The van der Waals surface area contributed by atoms with Crippen LogP contribution in [-0.4, -0.2) is 15.2 Å². The SMILES string of the molecule is CC(C)(O)c1ccccc1CCC(O)c1cccc(C=Cc2ccc3cc(F)c(F)cc3n2)c1. The van der Waals surface area contributed by atoms with Gasteiger partial charge in [-0.2, -0.15) is 0 Å². The summed E-state index contributed by atoms with van der Waals surface area (Å²) in [5, 5.41) is 21.7. The number of hydrogen-bond donors (Lipinski definition) is 2. The summed E-state index contributed by atoms with van der Waals surface area (Å²) in [6.07, 6.45) is 4.17. The molecule has 0 saturated carbocycles. The zero-order chi connectivity index (χ0) is 24.3. The summed E-state index contributed by atoms with van der Waals surface area (Å²) in [5.74, 6) is -1.82. The van der Waals surface area contributed by atoms with Crippen molar-refractivity contribution in [1.29, 1.82) is 0 Å². The van der Waals surface area contributed by atoms with E-state index in [-0.39, 0.29) is 0 Å². The van der Waals surface area contributed by atoms with Gasteiger partial charge in [0.2, 0.25) is 0 Å². The smallest absolute Gasteiger partial charge is 0.161 e. The van der Waals surface area contributed by atoms with Gasteiger partial charge < -0.3 is 10.2 Å². The molecule has 0 saturated heterocycles. The van der Waals surface area contributed by atoms with Gasteiger partial charge in [0.25, 0.3) is 0 Å². The summed E-state index contributed by atoms with van der Waals surface area (Å²) in [6, 6.07) is 21.0. The summed E-state index contributed by atoms with van der Waals surface area (Å²) in [5.41, 5.74) is 3.63. The number of benzene rings is 3. The van der Waals surface area contributed by atoms with Crippen molar-refractivity contribution in [3.8, 4) is 0 Å². The molecule has 1 unspecified atom stereocenters. The van der Waals surface area contributed by atoms with Gasteiger partial charge in [-0.15, -0.1) is 0 Å². The first-order valence-electron chi connectivity index (χ1n) is 11.2. The quantitative estimate of drug-likeness (QED) is 0.328. The fraction of sp³-hybridized carbons (Fsp3) is 0.207. The van der Waals surface area contributed by atoms with Crippen LogP contribution in [0, 0.1) is 11.6 Å². The molecule has 3 nitrogen and oxygen atoms in total. The van der Waals surface area contributed by atoms with Crippen LogP contribution in [0.1, 0.15) is 54.3 Å². The molecule has 1 heterocycles. The van der Waals surface area contributed by atoms with E-state index >= 15 is 0 Å². The van der Waals surface area contributed by atoms with E-state index in [2.05, 4.69) is 4.98 Å². The van der Waals surface area contributed by atoms with Crippen LogP contribution in [-0.2, 0) is 12.0 Å². The molecule has 0 fully saturated rings. The van der Waals surface area contributed by atoms with E-state index in [1.54, 1.807) is 32.1 Å². The molecule has 0 bridgehead atoms. The Morgan fingerprint density at radius 3 is 2.47 bits per heavy atom. The molecular weight excluding hydrogens is 432 g/mol. The topological polar surface area (TPSA) is 53.4 Å². The molecule has 1 aromatic heterocycles. The molecule has 4 aromatic rings. The van der Waals surface area contributed by atoms with Gasteiger partial charge in [-0.25, -0.2) is 13.8 Å². The zero-order valence-corrected chi connectivity index (χ0v) is 19.2. The normalized spacial score (nSPS) is 13.0. The molecule has 3 aromatic carbocycles. The molecule has 4 rings (SSSR count). The van der Waals surface area contributed by atoms with Crippen LogP contribution in [0.5, 0.6) is 0 Å². The van der Waals surface area contributed by atoms with Crippen LogP contribution < -0.4 is 0 Å². The number of aliphatic hydroxyl groups excluding tert-OH is 1. The molecule has 0 radical (unpaired) electrons. The minimum Gasteiger partial charge on any atom is -0.388 e. The Kier molecular flexibility index (Phi) is 6.87. The highest BCUT2D eigenvalue weighted by molar-refractivity contribution is 5.81. The van der Waals surface area contributed by atoms with Crippen LogP contribution in [0.4, 0.5) is 8.78 Å². The maximum Gasteiger partial charge on any atom is 0.161 e. The van der Waals surface area contributed by atoms with Crippen LogP contribution in [0.15, 0.2) is 72.8 Å². The molecule has 2 N–H and O–H groups in total. The van der Waals surface area contributed by atoms with Crippen LogP contribution in [0.2, 0.25) is 0 Å². The van der Waals surface area contributed by atoms with Crippen molar-refractivity contribution in [2.45, 2.75) is 38.4 Å². The number of aryl methyl sites for hydroxylation is 1. The van der Waals surface area contributed by atoms with Crippen LogP contribution in [0.3, 0.4) is 0 Å². The van der Waals surface area contributed by atoms with Crippen molar-refractivity contribution >= 4 is 23.1 Å². The lowest BCUT2D eigenvalue weighted by Gasteiger charge is -2.22. The predicted molar refractivity (Wildman–Crippen MR) is 132 cm³/mol. The third kappa shape index (κ3) is 5.56. The highest BCUT2D eigenvalue weighted by Crippen LogP contribution is 2.27. The van der Waals surface area contributed by atoms with Crippen molar-refractivity contribution < 1.29 is 19.0 Å². The Morgan fingerprint density at radius 1 is 0.912 bits per heavy atom. The van der Waals surface area contributed by atoms with E-state index in [1.807, 2.05) is 54.6 Å². The maximum atomic E-state index is 13.5. The molecule has 0 spiro atoms. The second-order valence-electron chi connectivity index (χ2n) is 8.97. The molecule has 5 heteroatoms. The largest absolute Gasteiger partial charge is 0.388 e. The first-order chi connectivity index (χ1) is 16.2. The summed E-state index contributed by atoms with van der Waals surface area (Å²) in [7, 11) is 0. The van der Waals surface area contributed by atoms with Gasteiger partial charge in [-0.1, -0.05) is 54.6 Å². The zero-order valence-electron chi connectivity index (χ0n) is 19.2. The molecule has 34 heavy (non-hydrogen) atoms. The third-order valence-corrected chi connectivity index (χ3v) is 5.86. The lowest BCUT2D eigenvalue weighted by Crippen LogP contribution is -2.18. The van der Waals surface area contributed by atoms with E-state index in [4.69, 9.17) is 0 Å². The van der Waals surface area contributed by atoms with E-state index in [9.17, 15) is 19.0 Å². The Morgan fingerprint density at radius 2 is 1.68 bits per heavy atom. The van der Waals surface area contributed by atoms with Crippen LogP contribution in [0.25, 0.3) is 23.1 Å². The number of halogens is 2. The lowest BCUT2D eigenvalue weighted by molar-refractivity contribution is 0.0772. The summed E-state index contributed by atoms with van der Waals surface area (Å²) >= 11 is 0. The molecule has 0 aliphatic rings. The van der Waals surface area contributed by atoms with E-state index < -0.39 is 23.3 Å². The van der Waals surface area contributed by atoms with E-state index in [1.165, 1.54) is 0 Å². The summed E-state index contributed by atoms with van der Waals surface area (Å²) in [6.45, 7) is 3.52. The van der Waals surface area contributed by atoms with Crippen molar-refractivity contribution in [2.75, 3.05) is 0 Å². The highest BCUT2D eigenvalue weighted by atomic mass is 19.2. The Hall–Kier alpha value is -3.41. The second-order valence-corrected chi connectivity index (χ2v) is 8.97. The average molecular weight is 460 g/mol. The second kappa shape index (κ2) is 9.84. The monoisotopic (exact) mass is 459 g/mol. The number of hydrogen-bond acceptors (Lipinski definition) is 3. The van der Waals surface area contributed by atoms with Crippen molar-refractivity contribution in [2.24, 2.45) is 0 Å². The van der Waals surface area contributed by atoms with Gasteiger partial charge in [-0.05, 0) is 73.2 Å². The molecular formula is C29H27F2NO2. The molecule has 0 amide bonds. The van der Waals surface area contributed by atoms with Crippen molar-refractivity contribution in [1.82, 2.24) is 4.98 Å². The minimum absolute atomic E-state index is 0.386. The number of rotatable bonds is 7. The first kappa shape index (κ1) is 23.7. The number of pyridine rings is 1. The average Bonchev–Trinajstić information content (AvgIpc) is 2.82.